The molecule has 2 bridgehead atoms. The summed E-state index contributed by atoms with van der Waals surface area (Å²) in [5, 5.41) is 7.14. The lowest BCUT2D eigenvalue weighted by Gasteiger charge is -2.29. The van der Waals surface area contributed by atoms with Crippen molar-refractivity contribution in [2.75, 3.05) is 18.1 Å². The van der Waals surface area contributed by atoms with Crippen molar-refractivity contribution in [1.29, 1.82) is 0 Å². The van der Waals surface area contributed by atoms with Gasteiger partial charge in [-0.15, -0.1) is 6.58 Å². The van der Waals surface area contributed by atoms with Crippen LogP contribution in [0.15, 0.2) is 43.4 Å². The third-order valence-electron chi connectivity index (χ3n) is 5.65. The minimum Gasteiger partial charge on any atom is -0.475 e. The van der Waals surface area contributed by atoms with E-state index in [2.05, 4.69) is 26.9 Å². The van der Waals surface area contributed by atoms with Crippen LogP contribution in [0.3, 0.4) is 0 Å². The number of hydrogen-bond donors (Lipinski definition) is 1. The first-order valence-electron chi connectivity index (χ1n) is 9.88. The summed E-state index contributed by atoms with van der Waals surface area (Å²) in [7, 11) is 0. The maximum atomic E-state index is 14.2. The Morgan fingerprint density at radius 3 is 3.10 bits per heavy atom. The van der Waals surface area contributed by atoms with Crippen molar-refractivity contribution in [1.82, 2.24) is 24.9 Å². The van der Waals surface area contributed by atoms with Crippen molar-refractivity contribution < 1.29 is 13.9 Å². The third kappa shape index (κ3) is 2.97. The summed E-state index contributed by atoms with van der Waals surface area (Å²) in [4.78, 5) is 23.8. The lowest BCUT2D eigenvalue weighted by Crippen LogP contribution is -2.37. The second-order valence-electron chi connectivity index (χ2n) is 7.67. The van der Waals surface area contributed by atoms with Crippen molar-refractivity contribution in [2.24, 2.45) is 5.92 Å². The smallest absolute Gasteiger partial charge is 0.257 e. The second-order valence-corrected chi connectivity index (χ2v) is 7.67. The topological polar surface area (TPSA) is 84.7 Å². The minimum absolute atomic E-state index is 0.0701. The number of amides is 1. The van der Waals surface area contributed by atoms with Crippen LogP contribution in [0.1, 0.15) is 35.3 Å². The summed E-state index contributed by atoms with van der Waals surface area (Å²) in [6, 6.07) is 2.77. The summed E-state index contributed by atoms with van der Waals surface area (Å²) < 4.78 is 21.7. The summed E-state index contributed by atoms with van der Waals surface area (Å²) in [6.07, 6.45) is 7.14. The third-order valence-corrected chi connectivity index (χ3v) is 5.65. The number of rotatable bonds is 1. The molecule has 5 rings (SSSR count). The number of halogens is 1. The molecule has 0 spiro atoms. The molecule has 0 aromatic carbocycles. The molecule has 0 aliphatic carbocycles. The first kappa shape index (κ1) is 18.5. The molecule has 0 saturated carbocycles. The number of anilines is 1. The molecule has 3 aromatic heterocycles. The number of hydrogen-bond acceptors (Lipinski definition) is 6. The van der Waals surface area contributed by atoms with Crippen molar-refractivity contribution in [3.8, 4) is 5.88 Å². The summed E-state index contributed by atoms with van der Waals surface area (Å²) in [5.74, 6) is 0.387. The highest BCUT2D eigenvalue weighted by Crippen LogP contribution is 2.43. The second kappa shape index (κ2) is 7.08. The maximum absolute atomic E-state index is 14.2. The molecular weight excluding hydrogens is 387 g/mol. The molecule has 2 aliphatic rings. The fraction of sp³-hybridized carbons (Fsp3) is 0.333. The molecule has 1 fully saturated rings. The van der Waals surface area contributed by atoms with Gasteiger partial charge in [-0.25, -0.2) is 18.9 Å². The van der Waals surface area contributed by atoms with Gasteiger partial charge in [-0.05, 0) is 25.5 Å². The average molecular weight is 408 g/mol. The zero-order valence-electron chi connectivity index (χ0n) is 16.5. The number of ether oxygens (including phenoxy) is 1. The van der Waals surface area contributed by atoms with Crippen molar-refractivity contribution >= 4 is 17.4 Å². The van der Waals surface area contributed by atoms with Crippen LogP contribution in [0.5, 0.6) is 5.88 Å². The maximum Gasteiger partial charge on any atom is 0.257 e. The average Bonchev–Trinajstić information content (AvgIpc) is 3.35. The van der Waals surface area contributed by atoms with Crippen LogP contribution in [-0.2, 0) is 0 Å². The fourth-order valence-electron chi connectivity index (χ4n) is 4.22. The number of carbonyl (C=O) groups excluding carboxylic acids is 1. The Balaban J connectivity index is 1.72. The van der Waals surface area contributed by atoms with E-state index in [0.717, 1.165) is 12.6 Å². The molecule has 2 aliphatic heterocycles. The predicted molar refractivity (Wildman–Crippen MR) is 108 cm³/mol. The van der Waals surface area contributed by atoms with Gasteiger partial charge in [0, 0.05) is 24.2 Å². The number of aromatic nitrogens is 4. The first-order chi connectivity index (χ1) is 14.5. The van der Waals surface area contributed by atoms with Crippen molar-refractivity contribution in [3.63, 3.8) is 0 Å². The lowest BCUT2D eigenvalue weighted by molar-refractivity contribution is 0.0927. The van der Waals surface area contributed by atoms with E-state index in [-0.39, 0.29) is 30.5 Å². The Hall–Kier alpha value is -3.49. The number of fused-ring (bicyclic) bond motifs is 5. The molecule has 30 heavy (non-hydrogen) atoms. The fourth-order valence-corrected chi connectivity index (χ4v) is 4.22. The van der Waals surface area contributed by atoms with Gasteiger partial charge < -0.3 is 15.0 Å². The van der Waals surface area contributed by atoms with E-state index in [4.69, 9.17) is 9.72 Å². The van der Waals surface area contributed by atoms with Gasteiger partial charge in [0.15, 0.2) is 5.65 Å². The van der Waals surface area contributed by atoms with E-state index in [1.165, 1.54) is 12.3 Å². The Bertz CT molecular complexity index is 1150. The molecule has 3 aromatic rings. The van der Waals surface area contributed by atoms with E-state index in [1.807, 2.05) is 19.1 Å². The van der Waals surface area contributed by atoms with Gasteiger partial charge in [-0.2, -0.15) is 5.10 Å². The zero-order valence-corrected chi connectivity index (χ0v) is 16.5. The van der Waals surface area contributed by atoms with Gasteiger partial charge in [0.2, 0.25) is 5.88 Å². The Labute approximate surface area is 172 Å². The van der Waals surface area contributed by atoms with E-state index in [9.17, 15) is 9.18 Å². The molecule has 154 valence electrons. The van der Waals surface area contributed by atoms with Gasteiger partial charge >= 0.3 is 0 Å². The van der Waals surface area contributed by atoms with Gasteiger partial charge in [0.1, 0.15) is 23.8 Å². The number of nitrogens with one attached hydrogen (secondary N) is 1. The van der Waals surface area contributed by atoms with Crippen molar-refractivity contribution in [2.45, 2.75) is 25.4 Å². The number of carbonyl (C=O) groups is 1. The van der Waals surface area contributed by atoms with Gasteiger partial charge in [0.05, 0.1) is 24.5 Å². The first-order valence-corrected chi connectivity index (χ1v) is 9.88. The number of pyridine rings is 1. The molecular formula is C21H21FN6O2. The molecule has 1 saturated heterocycles. The Morgan fingerprint density at radius 1 is 1.40 bits per heavy atom. The highest BCUT2D eigenvalue weighted by atomic mass is 19.1. The summed E-state index contributed by atoms with van der Waals surface area (Å²) in [6.45, 7) is 6.70. The molecule has 3 atom stereocenters. The predicted octanol–water partition coefficient (Wildman–Crippen LogP) is 2.53. The normalized spacial score (nSPS) is 23.6. The summed E-state index contributed by atoms with van der Waals surface area (Å²) in [5.41, 5.74) is 1.50. The van der Waals surface area contributed by atoms with Crippen LogP contribution in [-0.4, -0.2) is 44.7 Å². The monoisotopic (exact) mass is 408 g/mol. The van der Waals surface area contributed by atoms with Crippen LogP contribution >= 0.6 is 0 Å². The van der Waals surface area contributed by atoms with E-state index in [1.54, 1.807) is 10.7 Å². The Kier molecular flexibility index (Phi) is 4.38. The minimum atomic E-state index is -0.431. The largest absolute Gasteiger partial charge is 0.475 e. The molecule has 1 amide bonds. The lowest BCUT2D eigenvalue weighted by atomic mass is 9.94. The molecule has 8 nitrogen and oxygen atoms in total. The van der Waals surface area contributed by atoms with Gasteiger partial charge in [-0.1, -0.05) is 6.08 Å². The highest BCUT2D eigenvalue weighted by Gasteiger charge is 2.37. The number of nitrogens with zero attached hydrogens (tertiary/aromatic N) is 5. The van der Waals surface area contributed by atoms with Crippen LogP contribution in [0.2, 0.25) is 0 Å². The highest BCUT2D eigenvalue weighted by molar-refractivity contribution is 5.99. The van der Waals surface area contributed by atoms with Crippen LogP contribution < -0.4 is 15.0 Å². The Morgan fingerprint density at radius 2 is 2.27 bits per heavy atom. The molecule has 5 heterocycles. The van der Waals surface area contributed by atoms with Crippen LogP contribution in [0, 0.1) is 11.7 Å². The SMILES string of the molecule is C=C[C@@H]1CCN2c3ccn4ncc(c4n3)C(=O)N[C@@H](C)COc3ncc(F)cc3[C@@H]12. The van der Waals surface area contributed by atoms with E-state index >= 15 is 0 Å². The van der Waals surface area contributed by atoms with E-state index in [0.29, 0.717) is 35.0 Å². The molecule has 0 radical (unpaired) electrons. The van der Waals surface area contributed by atoms with Gasteiger partial charge in [0.25, 0.3) is 5.91 Å². The molecule has 0 unspecified atom stereocenters. The van der Waals surface area contributed by atoms with Crippen LogP contribution in [0.25, 0.3) is 5.65 Å². The zero-order chi connectivity index (χ0) is 20.8. The molecule has 9 heteroatoms. The quantitative estimate of drug-likeness (QED) is 0.623. The van der Waals surface area contributed by atoms with Crippen molar-refractivity contribution in [3.05, 3.63) is 60.3 Å². The van der Waals surface area contributed by atoms with E-state index < -0.39 is 5.82 Å². The summed E-state index contributed by atoms with van der Waals surface area (Å²) >= 11 is 0. The van der Waals surface area contributed by atoms with Crippen LogP contribution in [0.4, 0.5) is 10.2 Å². The molecule has 1 N–H and O–H groups in total. The standard InChI is InChI=1S/C21H21FN6O2/c1-3-13-4-6-27-17-5-7-28-19(26-17)16(10-24-28)20(29)25-12(2)11-30-21-15(18(13)27)8-14(22)9-23-21/h3,5,7-10,12-13,18H,1,4,6,11H2,2H3,(H,25,29)/t12-,13+,18+/m0/s1. The van der Waals surface area contributed by atoms with Gasteiger partial charge in [-0.3, -0.25) is 4.79 Å².